The maximum atomic E-state index is 11.8. The molecule has 104 valence electrons. The van der Waals surface area contributed by atoms with Crippen molar-refractivity contribution in [3.8, 4) is 0 Å². The van der Waals surface area contributed by atoms with E-state index in [-0.39, 0.29) is 17.7 Å². The van der Waals surface area contributed by atoms with Crippen LogP contribution in [-0.2, 0) is 4.79 Å². The van der Waals surface area contributed by atoms with E-state index in [0.29, 0.717) is 28.7 Å². The highest BCUT2D eigenvalue weighted by Gasteiger charge is 2.08. The minimum absolute atomic E-state index is 0.0416. The summed E-state index contributed by atoms with van der Waals surface area (Å²) in [4.78, 5) is 23.1. The van der Waals surface area contributed by atoms with Gasteiger partial charge in [0.1, 0.15) is 0 Å². The zero-order valence-corrected chi connectivity index (χ0v) is 12.3. The molecule has 2 N–H and O–H groups in total. The summed E-state index contributed by atoms with van der Waals surface area (Å²) in [5, 5.41) is 6.20. The maximum Gasteiger partial charge on any atom is 0.251 e. The average molecular weight is 303 g/mol. The van der Waals surface area contributed by atoms with E-state index in [1.54, 1.807) is 6.07 Å². The van der Waals surface area contributed by atoms with Crippen LogP contribution >= 0.6 is 23.2 Å². The highest BCUT2D eigenvalue weighted by molar-refractivity contribution is 6.35. The third kappa shape index (κ3) is 5.49. The second-order valence-corrected chi connectivity index (χ2v) is 5.23. The van der Waals surface area contributed by atoms with Gasteiger partial charge in [-0.15, -0.1) is 0 Å². The van der Waals surface area contributed by atoms with Gasteiger partial charge in [0.15, 0.2) is 0 Å². The van der Waals surface area contributed by atoms with Crippen LogP contribution in [0.5, 0.6) is 0 Å². The Labute approximate surface area is 122 Å². The van der Waals surface area contributed by atoms with Crippen LogP contribution in [0.15, 0.2) is 18.2 Å². The number of rotatable bonds is 5. The molecule has 2 amide bonds. The van der Waals surface area contributed by atoms with Crippen LogP contribution in [0.3, 0.4) is 0 Å². The molecule has 0 aliphatic rings. The lowest BCUT2D eigenvalue weighted by atomic mass is 10.2. The van der Waals surface area contributed by atoms with Gasteiger partial charge >= 0.3 is 0 Å². The number of nitrogens with one attached hydrogen (secondary N) is 2. The van der Waals surface area contributed by atoms with Gasteiger partial charge in [-0.05, 0) is 18.2 Å². The fraction of sp³-hybridized carbons (Fsp3) is 0.385. The van der Waals surface area contributed by atoms with E-state index in [2.05, 4.69) is 10.6 Å². The number of benzene rings is 1. The molecule has 1 rings (SSSR count). The van der Waals surface area contributed by atoms with Gasteiger partial charge < -0.3 is 10.6 Å². The van der Waals surface area contributed by atoms with Gasteiger partial charge in [-0.25, -0.2) is 0 Å². The number of carbonyl (C=O) groups is 2. The third-order valence-electron chi connectivity index (χ3n) is 2.36. The zero-order chi connectivity index (χ0) is 14.4. The summed E-state index contributed by atoms with van der Waals surface area (Å²) in [5.41, 5.74) is 0.396. The third-order valence-corrected chi connectivity index (χ3v) is 2.80. The first-order valence-corrected chi connectivity index (χ1v) is 6.67. The van der Waals surface area contributed by atoms with Gasteiger partial charge in [-0.1, -0.05) is 37.0 Å². The van der Waals surface area contributed by atoms with Crippen LogP contribution in [0.2, 0.25) is 10.0 Å². The van der Waals surface area contributed by atoms with Gasteiger partial charge in [0.25, 0.3) is 5.91 Å². The fourth-order valence-electron chi connectivity index (χ4n) is 1.35. The van der Waals surface area contributed by atoms with Crippen molar-refractivity contribution in [3.05, 3.63) is 33.8 Å². The van der Waals surface area contributed by atoms with E-state index in [1.807, 2.05) is 13.8 Å². The number of hydrogen-bond donors (Lipinski definition) is 2. The average Bonchev–Trinajstić information content (AvgIpc) is 2.32. The first-order chi connectivity index (χ1) is 8.90. The summed E-state index contributed by atoms with van der Waals surface area (Å²) < 4.78 is 0. The summed E-state index contributed by atoms with van der Waals surface area (Å²) in [6.45, 7) is 4.35. The lowest BCUT2D eigenvalue weighted by Gasteiger charge is -2.09. The Kier molecular flexibility index (Phi) is 6.12. The predicted octanol–water partition coefficient (Wildman–Crippen LogP) is 2.50. The molecule has 0 bridgehead atoms. The quantitative estimate of drug-likeness (QED) is 0.821. The fourth-order valence-corrected chi connectivity index (χ4v) is 1.88. The van der Waals surface area contributed by atoms with Gasteiger partial charge in [-0.2, -0.15) is 0 Å². The SMILES string of the molecule is CC(C)C(=O)NCCNC(=O)c1cc(Cl)cc(Cl)c1. The molecule has 0 aliphatic carbocycles. The second kappa shape index (κ2) is 7.36. The highest BCUT2D eigenvalue weighted by atomic mass is 35.5. The van der Waals surface area contributed by atoms with Crippen molar-refractivity contribution < 1.29 is 9.59 Å². The Bertz CT molecular complexity index is 455. The number of amides is 2. The molecule has 0 spiro atoms. The lowest BCUT2D eigenvalue weighted by molar-refractivity contribution is -0.123. The molecular formula is C13H16Cl2N2O2. The van der Waals surface area contributed by atoms with Crippen molar-refractivity contribution in [2.45, 2.75) is 13.8 Å². The molecule has 0 saturated heterocycles. The molecule has 0 heterocycles. The van der Waals surface area contributed by atoms with Crippen molar-refractivity contribution in [3.63, 3.8) is 0 Å². The Morgan fingerprint density at radius 3 is 2.11 bits per heavy atom. The predicted molar refractivity (Wildman–Crippen MR) is 76.6 cm³/mol. The van der Waals surface area contributed by atoms with Crippen molar-refractivity contribution in [2.24, 2.45) is 5.92 Å². The summed E-state index contributed by atoms with van der Waals surface area (Å²) in [5.74, 6) is -0.384. The molecule has 0 atom stereocenters. The largest absolute Gasteiger partial charge is 0.354 e. The monoisotopic (exact) mass is 302 g/mol. The first-order valence-electron chi connectivity index (χ1n) is 5.92. The van der Waals surface area contributed by atoms with E-state index in [1.165, 1.54) is 12.1 Å². The zero-order valence-electron chi connectivity index (χ0n) is 10.8. The van der Waals surface area contributed by atoms with E-state index < -0.39 is 0 Å². The lowest BCUT2D eigenvalue weighted by Crippen LogP contribution is -2.36. The van der Waals surface area contributed by atoms with Crippen LogP contribution < -0.4 is 10.6 Å². The van der Waals surface area contributed by atoms with Crippen molar-refractivity contribution in [1.82, 2.24) is 10.6 Å². The van der Waals surface area contributed by atoms with E-state index in [9.17, 15) is 9.59 Å². The van der Waals surface area contributed by atoms with Crippen LogP contribution in [0.1, 0.15) is 24.2 Å². The molecule has 0 radical (unpaired) electrons. The molecule has 0 aromatic heterocycles. The number of hydrogen-bond acceptors (Lipinski definition) is 2. The van der Waals surface area contributed by atoms with Crippen LogP contribution in [0.4, 0.5) is 0 Å². The summed E-state index contributed by atoms with van der Waals surface area (Å²) >= 11 is 11.6. The standard InChI is InChI=1S/C13H16Cl2N2O2/c1-8(2)12(18)16-3-4-17-13(19)9-5-10(14)7-11(15)6-9/h5-8H,3-4H2,1-2H3,(H,16,18)(H,17,19). The van der Waals surface area contributed by atoms with E-state index in [4.69, 9.17) is 23.2 Å². The van der Waals surface area contributed by atoms with Crippen molar-refractivity contribution in [1.29, 1.82) is 0 Å². The molecule has 0 saturated carbocycles. The summed E-state index contributed by atoms with van der Waals surface area (Å²) in [6, 6.07) is 4.63. The minimum Gasteiger partial charge on any atom is -0.354 e. The summed E-state index contributed by atoms with van der Waals surface area (Å²) in [7, 11) is 0. The molecule has 0 fully saturated rings. The number of carbonyl (C=O) groups excluding carboxylic acids is 2. The minimum atomic E-state index is -0.275. The second-order valence-electron chi connectivity index (χ2n) is 4.36. The van der Waals surface area contributed by atoms with Crippen LogP contribution in [0.25, 0.3) is 0 Å². The molecule has 0 unspecified atom stereocenters. The van der Waals surface area contributed by atoms with Crippen molar-refractivity contribution >= 4 is 35.0 Å². The van der Waals surface area contributed by atoms with Crippen LogP contribution in [0, 0.1) is 5.92 Å². The van der Waals surface area contributed by atoms with Gasteiger partial charge in [-0.3, -0.25) is 9.59 Å². The Morgan fingerprint density at radius 1 is 1.05 bits per heavy atom. The number of halogens is 2. The topological polar surface area (TPSA) is 58.2 Å². The molecule has 19 heavy (non-hydrogen) atoms. The molecule has 0 aliphatic heterocycles. The van der Waals surface area contributed by atoms with E-state index in [0.717, 1.165) is 0 Å². The van der Waals surface area contributed by atoms with Gasteiger partial charge in [0, 0.05) is 34.6 Å². The Balaban J connectivity index is 2.41. The maximum absolute atomic E-state index is 11.8. The molecule has 1 aromatic carbocycles. The van der Waals surface area contributed by atoms with Crippen LogP contribution in [-0.4, -0.2) is 24.9 Å². The Hall–Kier alpha value is -1.26. The first kappa shape index (κ1) is 15.8. The molecule has 6 heteroatoms. The smallest absolute Gasteiger partial charge is 0.251 e. The Morgan fingerprint density at radius 2 is 1.58 bits per heavy atom. The molecule has 1 aromatic rings. The van der Waals surface area contributed by atoms with E-state index >= 15 is 0 Å². The highest BCUT2D eigenvalue weighted by Crippen LogP contribution is 2.18. The van der Waals surface area contributed by atoms with Gasteiger partial charge in [0.05, 0.1) is 0 Å². The van der Waals surface area contributed by atoms with Gasteiger partial charge in [0.2, 0.25) is 5.91 Å². The normalized spacial score (nSPS) is 10.4. The molecule has 4 nitrogen and oxygen atoms in total. The van der Waals surface area contributed by atoms with Crippen molar-refractivity contribution in [2.75, 3.05) is 13.1 Å². The summed E-state index contributed by atoms with van der Waals surface area (Å²) in [6.07, 6.45) is 0. The molecular weight excluding hydrogens is 287 g/mol.